The van der Waals surface area contributed by atoms with Crippen LogP contribution in [0.4, 0.5) is 0 Å². The van der Waals surface area contributed by atoms with E-state index in [0.29, 0.717) is 0 Å². The van der Waals surface area contributed by atoms with E-state index >= 15 is 0 Å². The molecule has 74 valence electrons. The summed E-state index contributed by atoms with van der Waals surface area (Å²) in [5, 5.41) is 28.1. The lowest BCUT2D eigenvalue weighted by molar-refractivity contribution is -0.203. The van der Waals surface area contributed by atoms with Gasteiger partial charge in [-0.3, -0.25) is 0 Å². The van der Waals surface area contributed by atoms with Crippen LogP contribution in [0.15, 0.2) is 18.4 Å². The molecule has 0 spiro atoms. The smallest absolute Gasteiger partial charge is 0.113 e. The van der Waals surface area contributed by atoms with E-state index in [2.05, 4.69) is 12.3 Å². The van der Waals surface area contributed by atoms with Crippen molar-refractivity contribution in [3.8, 4) is 0 Å². The summed E-state index contributed by atoms with van der Waals surface area (Å²) in [5.41, 5.74) is 2.47. The highest BCUT2D eigenvalue weighted by Gasteiger charge is 2.40. The van der Waals surface area contributed by atoms with E-state index in [4.69, 9.17) is 4.74 Å². The van der Waals surface area contributed by atoms with E-state index in [1.807, 2.05) is 0 Å². The summed E-state index contributed by atoms with van der Waals surface area (Å²) in [6.07, 6.45) is -3.09. The minimum Gasteiger partial charge on any atom is -0.388 e. The van der Waals surface area contributed by atoms with Gasteiger partial charge in [0.2, 0.25) is 0 Å². The van der Waals surface area contributed by atoms with E-state index in [-0.39, 0.29) is 0 Å². The molecule has 1 rings (SSSR count). The summed E-state index contributed by atoms with van der Waals surface area (Å²) < 4.78 is 5.20. The lowest BCUT2D eigenvalue weighted by Gasteiger charge is -2.37. The van der Waals surface area contributed by atoms with E-state index in [1.54, 1.807) is 6.92 Å². The fraction of sp³-hybridized carbons (Fsp3) is 0.667. The Morgan fingerprint density at radius 1 is 1.23 bits per heavy atom. The van der Waals surface area contributed by atoms with Gasteiger partial charge in [-0.1, -0.05) is 6.58 Å². The SMILES string of the molecule is C=C=C[C@H]1O[C@H](C)[C@H](O)[C@H](O)[C@H]1O. The predicted octanol–water partition coefficient (Wildman–Crippen LogP) is -0.803. The molecule has 5 atom stereocenters. The maximum absolute atomic E-state index is 9.42. The monoisotopic (exact) mass is 186 g/mol. The molecular weight excluding hydrogens is 172 g/mol. The van der Waals surface area contributed by atoms with E-state index in [9.17, 15) is 15.3 Å². The Kier molecular flexibility index (Phi) is 3.25. The van der Waals surface area contributed by atoms with Crippen molar-refractivity contribution in [3.63, 3.8) is 0 Å². The van der Waals surface area contributed by atoms with Gasteiger partial charge < -0.3 is 20.1 Å². The molecule has 0 saturated carbocycles. The molecule has 0 aliphatic carbocycles. The number of aliphatic hydroxyl groups is 3. The number of hydrogen-bond donors (Lipinski definition) is 3. The molecule has 13 heavy (non-hydrogen) atoms. The van der Waals surface area contributed by atoms with Crippen LogP contribution in [0.3, 0.4) is 0 Å². The Morgan fingerprint density at radius 2 is 1.85 bits per heavy atom. The average Bonchev–Trinajstić information content (AvgIpc) is 2.11. The molecule has 0 aromatic rings. The molecule has 0 aromatic carbocycles. The van der Waals surface area contributed by atoms with Crippen LogP contribution in [-0.4, -0.2) is 45.8 Å². The summed E-state index contributed by atoms with van der Waals surface area (Å²) in [6.45, 7) is 4.97. The second-order valence-corrected chi connectivity index (χ2v) is 3.15. The largest absolute Gasteiger partial charge is 0.388 e. The molecule has 1 saturated heterocycles. The van der Waals surface area contributed by atoms with E-state index in [1.165, 1.54) is 6.08 Å². The van der Waals surface area contributed by atoms with Crippen molar-refractivity contribution in [1.29, 1.82) is 0 Å². The first-order chi connectivity index (χ1) is 6.07. The fourth-order valence-corrected chi connectivity index (χ4v) is 1.34. The Balaban J connectivity index is 2.75. The van der Waals surface area contributed by atoms with Gasteiger partial charge >= 0.3 is 0 Å². The third-order valence-electron chi connectivity index (χ3n) is 2.17. The summed E-state index contributed by atoms with van der Waals surface area (Å²) in [7, 11) is 0. The van der Waals surface area contributed by atoms with E-state index in [0.717, 1.165) is 0 Å². The number of ether oxygens (including phenoxy) is 1. The van der Waals surface area contributed by atoms with Crippen LogP contribution in [0.5, 0.6) is 0 Å². The van der Waals surface area contributed by atoms with Gasteiger partial charge in [-0.15, -0.1) is 5.73 Å². The van der Waals surface area contributed by atoms with Gasteiger partial charge in [-0.25, -0.2) is 0 Å². The Bertz CT molecular complexity index is 222. The molecule has 4 heteroatoms. The zero-order valence-corrected chi connectivity index (χ0v) is 7.42. The second kappa shape index (κ2) is 4.05. The predicted molar refractivity (Wildman–Crippen MR) is 46.1 cm³/mol. The van der Waals surface area contributed by atoms with Gasteiger partial charge in [0.25, 0.3) is 0 Å². The van der Waals surface area contributed by atoms with Crippen molar-refractivity contribution in [3.05, 3.63) is 18.4 Å². The average molecular weight is 186 g/mol. The maximum Gasteiger partial charge on any atom is 0.113 e. The molecule has 1 aliphatic heterocycles. The van der Waals surface area contributed by atoms with Crippen molar-refractivity contribution in [2.75, 3.05) is 0 Å². The van der Waals surface area contributed by atoms with Gasteiger partial charge in [0, 0.05) is 0 Å². The highest BCUT2D eigenvalue weighted by Crippen LogP contribution is 2.21. The minimum absolute atomic E-state index is 0.506. The van der Waals surface area contributed by atoms with Crippen LogP contribution in [0.1, 0.15) is 6.92 Å². The van der Waals surface area contributed by atoms with Crippen molar-refractivity contribution in [2.45, 2.75) is 37.4 Å². The van der Waals surface area contributed by atoms with Gasteiger partial charge in [-0.05, 0) is 13.0 Å². The first-order valence-corrected chi connectivity index (χ1v) is 4.13. The lowest BCUT2D eigenvalue weighted by Crippen LogP contribution is -2.55. The number of hydrogen-bond acceptors (Lipinski definition) is 4. The molecule has 1 aliphatic rings. The topological polar surface area (TPSA) is 69.9 Å². The van der Waals surface area contributed by atoms with Crippen LogP contribution in [0.25, 0.3) is 0 Å². The zero-order chi connectivity index (χ0) is 10.0. The van der Waals surface area contributed by atoms with Crippen LogP contribution >= 0.6 is 0 Å². The van der Waals surface area contributed by atoms with Crippen molar-refractivity contribution >= 4 is 0 Å². The maximum atomic E-state index is 9.42. The molecule has 1 heterocycles. The standard InChI is InChI=1S/C9H14O4/c1-3-4-6-8(11)9(12)7(10)5(2)13-6/h4-12H,1H2,2H3/t5-,6-,7+,8+,9+/m1/s1. The molecule has 1 fully saturated rings. The van der Waals surface area contributed by atoms with Crippen LogP contribution in [0.2, 0.25) is 0 Å². The first-order valence-electron chi connectivity index (χ1n) is 4.13. The minimum atomic E-state index is -1.18. The first kappa shape index (κ1) is 10.4. The molecule has 0 radical (unpaired) electrons. The molecule has 3 N–H and O–H groups in total. The molecule has 0 unspecified atom stereocenters. The quantitative estimate of drug-likeness (QED) is 0.469. The van der Waals surface area contributed by atoms with Crippen LogP contribution < -0.4 is 0 Å². The third kappa shape index (κ3) is 1.99. The summed E-state index contributed by atoms with van der Waals surface area (Å²) in [6, 6.07) is 0. The Morgan fingerprint density at radius 3 is 2.38 bits per heavy atom. The van der Waals surface area contributed by atoms with Gasteiger partial charge in [0.05, 0.1) is 6.10 Å². The van der Waals surface area contributed by atoms with Crippen LogP contribution in [-0.2, 0) is 4.74 Å². The third-order valence-corrected chi connectivity index (χ3v) is 2.17. The van der Waals surface area contributed by atoms with Gasteiger partial charge in [-0.2, -0.15) is 0 Å². The highest BCUT2D eigenvalue weighted by molar-refractivity contribution is 4.99. The normalized spacial score (nSPS) is 45.4. The highest BCUT2D eigenvalue weighted by atomic mass is 16.5. The number of rotatable bonds is 1. The molecule has 0 amide bonds. The Hall–Kier alpha value is -0.640. The van der Waals surface area contributed by atoms with Crippen molar-refractivity contribution in [1.82, 2.24) is 0 Å². The second-order valence-electron chi connectivity index (χ2n) is 3.15. The van der Waals surface area contributed by atoms with E-state index < -0.39 is 30.5 Å². The fourth-order valence-electron chi connectivity index (χ4n) is 1.34. The van der Waals surface area contributed by atoms with Crippen LogP contribution in [0, 0.1) is 0 Å². The summed E-state index contributed by atoms with van der Waals surface area (Å²) in [4.78, 5) is 0. The molecular formula is C9H14O4. The molecule has 0 aromatic heterocycles. The molecule has 4 nitrogen and oxygen atoms in total. The van der Waals surface area contributed by atoms with Gasteiger partial charge in [0.1, 0.15) is 24.4 Å². The Labute approximate surface area is 76.8 Å². The zero-order valence-electron chi connectivity index (χ0n) is 7.42. The van der Waals surface area contributed by atoms with Crippen molar-refractivity contribution in [2.24, 2.45) is 0 Å². The summed E-state index contributed by atoms with van der Waals surface area (Å²) in [5.74, 6) is 0. The van der Waals surface area contributed by atoms with Gasteiger partial charge in [0.15, 0.2) is 0 Å². The molecule has 0 bridgehead atoms. The lowest BCUT2D eigenvalue weighted by atomic mass is 9.96. The van der Waals surface area contributed by atoms with Crippen molar-refractivity contribution < 1.29 is 20.1 Å². The summed E-state index contributed by atoms with van der Waals surface area (Å²) >= 11 is 0. The number of aliphatic hydroxyl groups excluding tert-OH is 3.